The molecular formula is C22H22Cl3N3O5S2. The van der Waals surface area contributed by atoms with Crippen LogP contribution >= 0.6 is 46.1 Å². The number of nitrogen functional groups attached to an aromatic ring is 1. The predicted octanol–water partition coefficient (Wildman–Crippen LogP) is 5.87. The summed E-state index contributed by atoms with van der Waals surface area (Å²) in [5.41, 5.74) is 7.45. The van der Waals surface area contributed by atoms with Gasteiger partial charge in [-0.1, -0.05) is 29.0 Å². The molecule has 0 aliphatic carbocycles. The van der Waals surface area contributed by atoms with Gasteiger partial charge in [0.05, 0.1) is 10.5 Å². The minimum atomic E-state index is -4.38. The quantitative estimate of drug-likeness (QED) is 0.0939. The van der Waals surface area contributed by atoms with Crippen LogP contribution in [0.15, 0.2) is 53.9 Å². The molecule has 35 heavy (non-hydrogen) atoms. The third-order valence-corrected chi connectivity index (χ3v) is 8.25. The summed E-state index contributed by atoms with van der Waals surface area (Å²) in [5.74, 6) is 0.869. The van der Waals surface area contributed by atoms with Crippen molar-refractivity contribution in [3.8, 4) is 5.75 Å². The van der Waals surface area contributed by atoms with Crippen molar-refractivity contribution in [2.45, 2.75) is 11.7 Å². The van der Waals surface area contributed by atoms with Gasteiger partial charge in [0.2, 0.25) is 0 Å². The Morgan fingerprint density at radius 2 is 1.74 bits per heavy atom. The molecule has 0 spiro atoms. The minimum Gasteiger partial charge on any atom is -0.399 e. The van der Waals surface area contributed by atoms with Crippen LogP contribution in [-0.2, 0) is 16.5 Å². The van der Waals surface area contributed by atoms with E-state index in [2.05, 4.69) is 0 Å². The first-order valence-corrected chi connectivity index (χ1v) is 14.1. The first kappa shape index (κ1) is 27.3. The van der Waals surface area contributed by atoms with Crippen LogP contribution in [0.3, 0.4) is 0 Å². The first-order chi connectivity index (χ1) is 16.7. The van der Waals surface area contributed by atoms with E-state index in [0.29, 0.717) is 36.1 Å². The Bertz CT molecular complexity index is 1260. The summed E-state index contributed by atoms with van der Waals surface area (Å²) in [4.78, 5) is 12.9. The van der Waals surface area contributed by atoms with Crippen molar-refractivity contribution in [1.29, 1.82) is 0 Å². The fourth-order valence-electron chi connectivity index (χ4n) is 3.48. The molecule has 0 saturated heterocycles. The Hall–Kier alpha value is -2.24. The lowest BCUT2D eigenvalue weighted by molar-refractivity contribution is -0.380. The van der Waals surface area contributed by atoms with Crippen LogP contribution in [0.5, 0.6) is 5.75 Å². The molecule has 1 atom stereocenters. The van der Waals surface area contributed by atoms with Crippen molar-refractivity contribution < 1.29 is 17.5 Å². The maximum absolute atomic E-state index is 13.4. The monoisotopic (exact) mass is 577 g/mol. The van der Waals surface area contributed by atoms with Crippen molar-refractivity contribution in [3.63, 3.8) is 0 Å². The Morgan fingerprint density at radius 1 is 1.09 bits per heavy atom. The molecular weight excluding hydrogens is 557 g/mol. The van der Waals surface area contributed by atoms with Crippen LogP contribution in [0.2, 0.25) is 5.02 Å². The summed E-state index contributed by atoms with van der Waals surface area (Å²) in [6.45, 7) is 1.14. The summed E-state index contributed by atoms with van der Waals surface area (Å²) in [7, 11) is -4.38. The normalized spacial score (nSPS) is 12.3. The van der Waals surface area contributed by atoms with E-state index in [1.54, 1.807) is 24.3 Å². The standard InChI is InChI=1S/C22H22Cl3N3O5S2/c23-8-10-27(11-9-24)17-3-5-18(6-4-17)33-35(31,32)21(19-7-12-34-22(19)28(29)30)13-15-1-2-16(26)14-20(15)25/h1-7,12,14,21H,8-11,13,26H2. The SMILES string of the molecule is Nc1ccc(CC(c2ccsc2[N+](=O)[O-])S(=O)(=O)Oc2ccc(N(CCCl)CCCl)cc2)c(Cl)c1. The number of nitrogens with two attached hydrogens (primary N) is 1. The third kappa shape index (κ3) is 6.92. The van der Waals surface area contributed by atoms with Gasteiger partial charge in [-0.2, -0.15) is 8.42 Å². The van der Waals surface area contributed by atoms with E-state index < -0.39 is 20.3 Å². The van der Waals surface area contributed by atoms with Crippen molar-refractivity contribution in [2.24, 2.45) is 0 Å². The van der Waals surface area contributed by atoms with Gasteiger partial charge in [-0.05, 0) is 59.8 Å². The van der Waals surface area contributed by atoms with E-state index in [0.717, 1.165) is 17.0 Å². The smallest absolute Gasteiger partial charge is 0.328 e. The number of anilines is 2. The molecule has 0 fully saturated rings. The van der Waals surface area contributed by atoms with Crippen molar-refractivity contribution in [1.82, 2.24) is 0 Å². The molecule has 0 saturated carbocycles. The van der Waals surface area contributed by atoms with E-state index in [9.17, 15) is 18.5 Å². The lowest BCUT2D eigenvalue weighted by Crippen LogP contribution is -2.27. The van der Waals surface area contributed by atoms with Gasteiger partial charge in [0.25, 0.3) is 0 Å². The zero-order chi connectivity index (χ0) is 25.6. The van der Waals surface area contributed by atoms with Crippen LogP contribution in [0.1, 0.15) is 16.4 Å². The van der Waals surface area contributed by atoms with E-state index in [1.165, 1.54) is 29.6 Å². The van der Waals surface area contributed by atoms with Gasteiger partial charge >= 0.3 is 15.1 Å². The van der Waals surface area contributed by atoms with Gasteiger partial charge in [-0.15, -0.1) is 23.2 Å². The molecule has 1 aromatic heterocycles. The largest absolute Gasteiger partial charge is 0.399 e. The van der Waals surface area contributed by atoms with Gasteiger partial charge < -0.3 is 14.8 Å². The van der Waals surface area contributed by atoms with E-state index in [-0.39, 0.29) is 27.8 Å². The average molecular weight is 579 g/mol. The molecule has 2 aromatic carbocycles. The molecule has 3 rings (SSSR count). The number of alkyl halides is 2. The Balaban J connectivity index is 1.94. The fraction of sp³-hybridized carbons (Fsp3) is 0.273. The number of rotatable bonds is 12. The number of nitrogens with zero attached hydrogens (tertiary/aromatic N) is 2. The topological polar surface area (TPSA) is 116 Å². The molecule has 1 heterocycles. The second kappa shape index (κ2) is 12.1. The summed E-state index contributed by atoms with van der Waals surface area (Å²) in [6.07, 6.45) is -0.143. The molecule has 188 valence electrons. The lowest BCUT2D eigenvalue weighted by atomic mass is 10.1. The lowest BCUT2D eigenvalue weighted by Gasteiger charge is -2.23. The van der Waals surface area contributed by atoms with Crippen LogP contribution in [0.25, 0.3) is 0 Å². The first-order valence-electron chi connectivity index (χ1n) is 10.3. The highest BCUT2D eigenvalue weighted by molar-refractivity contribution is 7.87. The van der Waals surface area contributed by atoms with Crippen LogP contribution in [0.4, 0.5) is 16.4 Å². The van der Waals surface area contributed by atoms with E-state index in [1.807, 2.05) is 4.90 Å². The number of benzene rings is 2. The predicted molar refractivity (Wildman–Crippen MR) is 143 cm³/mol. The van der Waals surface area contributed by atoms with Crippen LogP contribution < -0.4 is 14.8 Å². The zero-order valence-electron chi connectivity index (χ0n) is 18.3. The van der Waals surface area contributed by atoms with Gasteiger partial charge in [-0.25, -0.2) is 0 Å². The van der Waals surface area contributed by atoms with Gasteiger partial charge in [0.15, 0.2) is 0 Å². The molecule has 0 bridgehead atoms. The molecule has 0 amide bonds. The maximum Gasteiger partial charge on any atom is 0.328 e. The van der Waals surface area contributed by atoms with Crippen LogP contribution in [0, 0.1) is 10.1 Å². The Kier molecular flexibility index (Phi) is 9.48. The van der Waals surface area contributed by atoms with Gasteiger partial charge in [0, 0.05) is 41.2 Å². The third-order valence-electron chi connectivity index (χ3n) is 5.14. The summed E-state index contributed by atoms with van der Waals surface area (Å²) >= 11 is 18.8. The van der Waals surface area contributed by atoms with Crippen LogP contribution in [-0.4, -0.2) is 38.2 Å². The number of thiophene rings is 1. The fourth-order valence-corrected chi connectivity index (χ4v) is 6.38. The summed E-state index contributed by atoms with van der Waals surface area (Å²) in [6, 6.07) is 12.5. The van der Waals surface area contributed by atoms with E-state index >= 15 is 0 Å². The molecule has 8 nitrogen and oxygen atoms in total. The van der Waals surface area contributed by atoms with Gasteiger partial charge in [-0.3, -0.25) is 10.1 Å². The second-order valence-electron chi connectivity index (χ2n) is 7.42. The van der Waals surface area contributed by atoms with Crippen molar-refractivity contribution >= 4 is 72.6 Å². The number of nitro groups is 1. The van der Waals surface area contributed by atoms with Crippen molar-refractivity contribution in [3.05, 3.63) is 80.2 Å². The Labute approximate surface area is 222 Å². The molecule has 2 N–H and O–H groups in total. The second-order valence-corrected chi connectivity index (χ2v) is 11.2. The number of hydrogen-bond acceptors (Lipinski definition) is 8. The molecule has 3 aromatic rings. The Morgan fingerprint density at radius 3 is 2.31 bits per heavy atom. The molecule has 13 heteroatoms. The summed E-state index contributed by atoms with van der Waals surface area (Å²) in [5, 5.41) is 11.6. The van der Waals surface area contributed by atoms with Crippen molar-refractivity contribution in [2.75, 3.05) is 35.5 Å². The van der Waals surface area contributed by atoms with Gasteiger partial charge in [0.1, 0.15) is 11.0 Å². The molecule has 0 aliphatic heterocycles. The molecule has 1 unspecified atom stereocenters. The minimum absolute atomic E-state index is 0.0277. The highest BCUT2D eigenvalue weighted by Crippen LogP contribution is 2.39. The highest BCUT2D eigenvalue weighted by Gasteiger charge is 2.36. The highest BCUT2D eigenvalue weighted by atomic mass is 35.5. The maximum atomic E-state index is 13.4. The zero-order valence-corrected chi connectivity index (χ0v) is 22.2. The average Bonchev–Trinajstić information content (AvgIpc) is 3.28. The number of hydrogen-bond donors (Lipinski definition) is 1. The number of halogens is 3. The summed E-state index contributed by atoms with van der Waals surface area (Å²) < 4.78 is 32.3. The van der Waals surface area contributed by atoms with E-state index in [4.69, 9.17) is 44.7 Å². The molecule has 0 aliphatic rings. The molecule has 0 radical (unpaired) electrons.